The van der Waals surface area contributed by atoms with Crippen molar-refractivity contribution in [3.05, 3.63) is 54.3 Å². The summed E-state index contributed by atoms with van der Waals surface area (Å²) < 4.78 is 5.46. The number of anilines is 2. The summed E-state index contributed by atoms with van der Waals surface area (Å²) in [7, 11) is 0. The average Bonchev–Trinajstić information content (AvgIpc) is 2.86. The van der Waals surface area contributed by atoms with Gasteiger partial charge in [-0.05, 0) is 24.3 Å². The van der Waals surface area contributed by atoms with Gasteiger partial charge in [-0.1, -0.05) is 18.2 Å². The average molecular weight is 268 g/mol. The molecule has 0 aliphatic rings. The molecule has 0 aliphatic heterocycles. The number of amides is 1. The maximum atomic E-state index is 12.1. The van der Waals surface area contributed by atoms with E-state index in [1.807, 2.05) is 18.2 Å². The van der Waals surface area contributed by atoms with Gasteiger partial charge in [0.05, 0.1) is 11.4 Å². The zero-order valence-corrected chi connectivity index (χ0v) is 10.5. The summed E-state index contributed by atoms with van der Waals surface area (Å²) in [6, 6.07) is 13.4. The Kier molecular flexibility index (Phi) is 2.80. The summed E-state index contributed by atoms with van der Waals surface area (Å²) in [5, 5.41) is 12.8. The van der Waals surface area contributed by atoms with Crippen molar-refractivity contribution >= 4 is 28.3 Å². The Hall–Kier alpha value is -2.95. The van der Waals surface area contributed by atoms with E-state index in [1.54, 1.807) is 12.1 Å². The van der Waals surface area contributed by atoms with Crippen LogP contribution in [0.4, 0.5) is 11.4 Å². The molecule has 0 fully saturated rings. The van der Waals surface area contributed by atoms with Crippen molar-refractivity contribution in [1.82, 2.24) is 0 Å². The first-order valence-electron chi connectivity index (χ1n) is 6.02. The molecule has 0 radical (unpaired) electrons. The number of hydrogen-bond donors (Lipinski definition) is 3. The Bertz CT molecular complexity index is 760. The van der Waals surface area contributed by atoms with Gasteiger partial charge in [-0.25, -0.2) is 0 Å². The number of carbonyl (C=O) groups excluding carboxylic acids is 1. The van der Waals surface area contributed by atoms with Crippen molar-refractivity contribution < 1.29 is 14.3 Å². The maximum absolute atomic E-state index is 12.1. The number of phenols is 1. The highest BCUT2D eigenvalue weighted by Gasteiger charge is 2.13. The highest BCUT2D eigenvalue weighted by molar-refractivity contribution is 6.06. The number of benzene rings is 2. The molecule has 1 aromatic heterocycles. The number of nitrogens with two attached hydrogens (primary N) is 1. The first-order valence-corrected chi connectivity index (χ1v) is 6.02. The fraction of sp³-hybridized carbons (Fsp3) is 0. The molecule has 0 spiro atoms. The number of hydrogen-bond acceptors (Lipinski definition) is 4. The lowest BCUT2D eigenvalue weighted by molar-refractivity contribution is 0.0998. The summed E-state index contributed by atoms with van der Waals surface area (Å²) in [4.78, 5) is 12.1. The Morgan fingerprint density at radius 3 is 2.70 bits per heavy atom. The number of furan rings is 1. The van der Waals surface area contributed by atoms with E-state index < -0.39 is 5.91 Å². The minimum atomic E-state index is -0.390. The van der Waals surface area contributed by atoms with Gasteiger partial charge < -0.3 is 20.6 Å². The van der Waals surface area contributed by atoms with Crippen LogP contribution in [0.15, 0.2) is 52.9 Å². The number of para-hydroxylation sites is 1. The van der Waals surface area contributed by atoms with Gasteiger partial charge in [0, 0.05) is 11.5 Å². The molecule has 0 aliphatic carbocycles. The van der Waals surface area contributed by atoms with E-state index in [9.17, 15) is 9.90 Å². The van der Waals surface area contributed by atoms with Crippen LogP contribution in [0.2, 0.25) is 0 Å². The Labute approximate surface area is 114 Å². The summed E-state index contributed by atoms with van der Waals surface area (Å²) >= 11 is 0. The second-order valence-corrected chi connectivity index (χ2v) is 4.37. The summed E-state index contributed by atoms with van der Waals surface area (Å²) in [5.41, 5.74) is 7.08. The third-order valence-electron chi connectivity index (χ3n) is 2.93. The van der Waals surface area contributed by atoms with Gasteiger partial charge in [0.15, 0.2) is 5.76 Å². The molecule has 3 rings (SSSR count). The van der Waals surface area contributed by atoms with Gasteiger partial charge in [0.2, 0.25) is 0 Å². The number of aromatic hydroxyl groups is 1. The lowest BCUT2D eigenvalue weighted by atomic mass is 10.2. The lowest BCUT2D eigenvalue weighted by Crippen LogP contribution is -2.12. The molecule has 2 aromatic carbocycles. The number of rotatable bonds is 2. The Morgan fingerprint density at radius 2 is 1.95 bits per heavy atom. The summed E-state index contributed by atoms with van der Waals surface area (Å²) in [6.45, 7) is 0. The molecule has 0 saturated heterocycles. The maximum Gasteiger partial charge on any atom is 0.291 e. The smallest absolute Gasteiger partial charge is 0.291 e. The van der Waals surface area contributed by atoms with E-state index in [1.165, 1.54) is 18.2 Å². The summed E-state index contributed by atoms with van der Waals surface area (Å²) in [5.74, 6) is -0.137. The predicted octanol–water partition coefficient (Wildman–Crippen LogP) is 2.97. The molecular weight excluding hydrogens is 256 g/mol. The molecule has 4 N–H and O–H groups in total. The van der Waals surface area contributed by atoms with Crippen LogP contribution in [0.3, 0.4) is 0 Å². The monoisotopic (exact) mass is 268 g/mol. The second kappa shape index (κ2) is 4.62. The summed E-state index contributed by atoms with van der Waals surface area (Å²) in [6.07, 6.45) is 0. The van der Waals surface area contributed by atoms with Gasteiger partial charge >= 0.3 is 0 Å². The number of nitrogens with one attached hydrogen (secondary N) is 1. The van der Waals surface area contributed by atoms with E-state index >= 15 is 0 Å². The van der Waals surface area contributed by atoms with Crippen LogP contribution < -0.4 is 11.1 Å². The molecule has 1 heterocycles. The second-order valence-electron chi connectivity index (χ2n) is 4.37. The number of phenolic OH excluding ortho intramolecular Hbond substituents is 1. The minimum absolute atomic E-state index is 0.0456. The van der Waals surface area contributed by atoms with Crippen LogP contribution in [0.25, 0.3) is 11.0 Å². The zero-order valence-electron chi connectivity index (χ0n) is 10.5. The van der Waals surface area contributed by atoms with Gasteiger partial charge in [-0.2, -0.15) is 0 Å². The lowest BCUT2D eigenvalue weighted by Gasteiger charge is -2.06. The van der Waals surface area contributed by atoms with Crippen molar-refractivity contribution in [2.75, 3.05) is 11.1 Å². The quantitative estimate of drug-likeness (QED) is 0.492. The number of fused-ring (bicyclic) bond motifs is 1. The SMILES string of the molecule is Nc1cc(O)ccc1NC(=O)c1cc2ccccc2o1. The van der Waals surface area contributed by atoms with Crippen molar-refractivity contribution in [2.45, 2.75) is 0 Å². The van der Waals surface area contributed by atoms with Gasteiger partial charge in [0.25, 0.3) is 5.91 Å². The molecule has 100 valence electrons. The topological polar surface area (TPSA) is 88.5 Å². The predicted molar refractivity (Wildman–Crippen MR) is 76.7 cm³/mol. The number of carbonyl (C=O) groups is 1. The van der Waals surface area contributed by atoms with E-state index in [0.29, 0.717) is 11.3 Å². The molecule has 1 amide bonds. The highest BCUT2D eigenvalue weighted by Crippen LogP contribution is 2.25. The largest absolute Gasteiger partial charge is 0.508 e. The third kappa shape index (κ3) is 2.16. The highest BCUT2D eigenvalue weighted by atomic mass is 16.3. The molecule has 0 atom stereocenters. The first kappa shape index (κ1) is 12.1. The standard InChI is InChI=1S/C15H12N2O3/c16-11-8-10(18)5-6-12(11)17-15(19)14-7-9-3-1-2-4-13(9)20-14/h1-8,18H,16H2,(H,17,19). The van der Waals surface area contributed by atoms with Crippen LogP contribution in [0.5, 0.6) is 5.75 Å². The molecular formula is C15H12N2O3. The molecule has 5 heteroatoms. The Morgan fingerprint density at radius 1 is 1.15 bits per heavy atom. The van der Waals surface area contributed by atoms with Crippen molar-refractivity contribution in [2.24, 2.45) is 0 Å². The van der Waals surface area contributed by atoms with Gasteiger partial charge in [-0.15, -0.1) is 0 Å². The van der Waals surface area contributed by atoms with Crippen molar-refractivity contribution in [1.29, 1.82) is 0 Å². The van der Waals surface area contributed by atoms with Crippen molar-refractivity contribution in [3.8, 4) is 5.75 Å². The van der Waals surface area contributed by atoms with E-state index in [0.717, 1.165) is 5.39 Å². The zero-order chi connectivity index (χ0) is 14.1. The fourth-order valence-corrected chi connectivity index (χ4v) is 1.94. The number of nitrogen functional groups attached to an aromatic ring is 1. The van der Waals surface area contributed by atoms with Gasteiger partial charge in [0.1, 0.15) is 11.3 Å². The van der Waals surface area contributed by atoms with E-state index in [2.05, 4.69) is 5.32 Å². The van der Waals surface area contributed by atoms with Crippen LogP contribution in [-0.2, 0) is 0 Å². The van der Waals surface area contributed by atoms with Crippen molar-refractivity contribution in [3.63, 3.8) is 0 Å². The van der Waals surface area contributed by atoms with Crippen LogP contribution in [0, 0.1) is 0 Å². The van der Waals surface area contributed by atoms with Crippen LogP contribution >= 0.6 is 0 Å². The van der Waals surface area contributed by atoms with E-state index in [-0.39, 0.29) is 17.2 Å². The van der Waals surface area contributed by atoms with Gasteiger partial charge in [-0.3, -0.25) is 4.79 Å². The molecule has 3 aromatic rings. The van der Waals surface area contributed by atoms with Crippen LogP contribution in [0.1, 0.15) is 10.6 Å². The molecule has 5 nitrogen and oxygen atoms in total. The van der Waals surface area contributed by atoms with E-state index in [4.69, 9.17) is 10.2 Å². The molecule has 0 unspecified atom stereocenters. The first-order chi connectivity index (χ1) is 9.63. The fourth-order valence-electron chi connectivity index (χ4n) is 1.94. The van der Waals surface area contributed by atoms with Crippen LogP contribution in [-0.4, -0.2) is 11.0 Å². The normalized spacial score (nSPS) is 10.6. The Balaban J connectivity index is 1.89. The molecule has 20 heavy (non-hydrogen) atoms. The minimum Gasteiger partial charge on any atom is -0.508 e. The third-order valence-corrected chi connectivity index (χ3v) is 2.93. The molecule has 0 bridgehead atoms. The molecule has 0 saturated carbocycles.